The summed E-state index contributed by atoms with van der Waals surface area (Å²) in [6, 6.07) is 12.3. The van der Waals surface area contributed by atoms with E-state index in [-0.39, 0.29) is 12.4 Å². The van der Waals surface area contributed by atoms with Crippen LogP contribution in [0.3, 0.4) is 0 Å². The Morgan fingerprint density at radius 3 is 2.57 bits per heavy atom. The number of aryl methyl sites for hydroxylation is 2. The summed E-state index contributed by atoms with van der Waals surface area (Å²) in [6.45, 7) is 3.64. The van der Waals surface area contributed by atoms with Crippen molar-refractivity contribution < 1.29 is 19.0 Å². The highest BCUT2D eigenvalue weighted by atomic mass is 16.6. The topological polar surface area (TPSA) is 68.5 Å². The van der Waals surface area contributed by atoms with Crippen molar-refractivity contribution in [1.82, 2.24) is 0 Å². The average Bonchev–Trinajstić information content (AvgIpc) is 2.56. The predicted molar refractivity (Wildman–Crippen MR) is 84.8 cm³/mol. The lowest BCUT2D eigenvalue weighted by atomic mass is 10.1. The number of carbonyl (C=O) groups is 1. The highest BCUT2D eigenvalue weighted by molar-refractivity contribution is 5.75. The molecule has 0 unspecified atom stereocenters. The molecule has 2 aromatic carbocycles. The van der Waals surface area contributed by atoms with Crippen LogP contribution in [0.25, 0.3) is 0 Å². The molecule has 0 saturated carbocycles. The lowest BCUT2D eigenvalue weighted by molar-refractivity contribution is -0.136. The van der Waals surface area contributed by atoms with Crippen LogP contribution < -0.4 is 14.2 Å². The van der Waals surface area contributed by atoms with E-state index in [1.165, 1.54) is 19.2 Å². The minimum absolute atomic E-state index is 0.215. The third kappa shape index (κ3) is 4.24. The van der Waals surface area contributed by atoms with Gasteiger partial charge in [-0.25, -0.2) is 4.79 Å². The van der Waals surface area contributed by atoms with Gasteiger partial charge in [0.1, 0.15) is 5.75 Å². The van der Waals surface area contributed by atoms with Crippen LogP contribution in [-0.4, -0.2) is 19.7 Å². The van der Waals surface area contributed by atoms with Crippen molar-refractivity contribution in [2.75, 3.05) is 13.7 Å². The molecule has 5 nitrogen and oxygen atoms in total. The van der Waals surface area contributed by atoms with Crippen LogP contribution in [0.2, 0.25) is 0 Å². The van der Waals surface area contributed by atoms with Gasteiger partial charge in [0.2, 0.25) is 0 Å². The Bertz CT molecular complexity index is 762. The minimum atomic E-state index is -0.547. The fraction of sp³-hybridized carbons (Fsp3) is 0.222. The third-order valence-corrected chi connectivity index (χ3v) is 3.21. The summed E-state index contributed by atoms with van der Waals surface area (Å²) in [5.74, 6) is 0.674. The van der Waals surface area contributed by atoms with Crippen molar-refractivity contribution in [3.8, 4) is 23.3 Å². The Labute approximate surface area is 135 Å². The average molecular weight is 311 g/mol. The van der Waals surface area contributed by atoms with Gasteiger partial charge < -0.3 is 14.2 Å². The van der Waals surface area contributed by atoms with Crippen LogP contribution >= 0.6 is 0 Å². The highest BCUT2D eigenvalue weighted by Crippen LogP contribution is 2.28. The number of hydrogen-bond donors (Lipinski definition) is 0. The Balaban J connectivity index is 2.03. The molecular weight excluding hydrogens is 294 g/mol. The van der Waals surface area contributed by atoms with E-state index in [1.807, 2.05) is 38.1 Å². The second-order valence-corrected chi connectivity index (χ2v) is 5.01. The van der Waals surface area contributed by atoms with Gasteiger partial charge in [0.15, 0.2) is 18.1 Å². The number of nitriles is 1. The number of nitrogens with zero attached hydrogens (tertiary/aromatic N) is 1. The normalized spacial score (nSPS) is 9.83. The summed E-state index contributed by atoms with van der Waals surface area (Å²) in [6.07, 6.45) is 0. The quantitative estimate of drug-likeness (QED) is 0.626. The van der Waals surface area contributed by atoms with Crippen molar-refractivity contribution in [2.45, 2.75) is 13.8 Å². The van der Waals surface area contributed by atoms with E-state index < -0.39 is 5.97 Å². The minimum Gasteiger partial charge on any atom is -0.493 e. The summed E-state index contributed by atoms with van der Waals surface area (Å²) in [4.78, 5) is 11.9. The van der Waals surface area contributed by atoms with E-state index in [0.717, 1.165) is 11.1 Å². The van der Waals surface area contributed by atoms with Crippen LogP contribution in [0.1, 0.15) is 16.7 Å². The molecular formula is C18H17NO4. The Morgan fingerprint density at radius 1 is 1.09 bits per heavy atom. The fourth-order valence-electron chi connectivity index (χ4n) is 1.97. The van der Waals surface area contributed by atoms with Gasteiger partial charge in [-0.1, -0.05) is 12.1 Å². The molecule has 0 radical (unpaired) electrons. The molecule has 0 bridgehead atoms. The Kier molecular flexibility index (Phi) is 5.21. The highest BCUT2D eigenvalue weighted by Gasteiger charge is 2.12. The van der Waals surface area contributed by atoms with Crippen molar-refractivity contribution >= 4 is 5.97 Å². The fourth-order valence-corrected chi connectivity index (χ4v) is 1.97. The predicted octanol–water partition coefficient (Wildman–Crippen LogP) is 3.17. The molecule has 2 rings (SSSR count). The molecule has 2 aromatic rings. The first-order valence-corrected chi connectivity index (χ1v) is 7.02. The largest absolute Gasteiger partial charge is 0.493 e. The zero-order chi connectivity index (χ0) is 16.8. The molecule has 0 spiro atoms. The van der Waals surface area contributed by atoms with E-state index in [1.54, 1.807) is 6.07 Å². The van der Waals surface area contributed by atoms with Gasteiger partial charge in [-0.05, 0) is 43.2 Å². The molecule has 0 heterocycles. The van der Waals surface area contributed by atoms with Gasteiger partial charge >= 0.3 is 5.97 Å². The smallest absolute Gasteiger partial charge is 0.349 e. The van der Waals surface area contributed by atoms with Crippen LogP contribution in [-0.2, 0) is 4.79 Å². The van der Waals surface area contributed by atoms with Crippen molar-refractivity contribution in [1.29, 1.82) is 5.26 Å². The first-order chi connectivity index (χ1) is 11.0. The molecule has 0 N–H and O–H groups in total. The molecule has 0 aliphatic carbocycles. The number of esters is 1. The molecule has 5 heteroatoms. The number of rotatable bonds is 5. The summed E-state index contributed by atoms with van der Waals surface area (Å²) < 4.78 is 15.8. The number of methoxy groups -OCH3 is 1. The SMILES string of the molecule is COc1cc(C#N)ccc1OC(=O)COc1cc(C)ccc1C. The molecule has 118 valence electrons. The second kappa shape index (κ2) is 7.32. The van der Waals surface area contributed by atoms with Gasteiger partial charge in [-0.3, -0.25) is 0 Å². The molecule has 23 heavy (non-hydrogen) atoms. The Hall–Kier alpha value is -3.00. The maximum absolute atomic E-state index is 11.9. The first kappa shape index (κ1) is 16.4. The van der Waals surface area contributed by atoms with E-state index in [9.17, 15) is 4.79 Å². The van der Waals surface area contributed by atoms with Crippen molar-refractivity contribution in [3.63, 3.8) is 0 Å². The number of benzene rings is 2. The first-order valence-electron chi connectivity index (χ1n) is 7.02. The van der Waals surface area contributed by atoms with Gasteiger partial charge in [-0.15, -0.1) is 0 Å². The molecule has 0 atom stereocenters. The number of ether oxygens (including phenoxy) is 3. The van der Waals surface area contributed by atoms with Gasteiger partial charge in [-0.2, -0.15) is 5.26 Å². The molecule has 0 amide bonds. The molecule has 0 aromatic heterocycles. The van der Waals surface area contributed by atoms with Crippen LogP contribution in [0.5, 0.6) is 17.2 Å². The van der Waals surface area contributed by atoms with E-state index >= 15 is 0 Å². The van der Waals surface area contributed by atoms with Gasteiger partial charge in [0.05, 0.1) is 18.7 Å². The summed E-state index contributed by atoms with van der Waals surface area (Å²) >= 11 is 0. The van der Waals surface area contributed by atoms with E-state index in [2.05, 4.69) is 0 Å². The van der Waals surface area contributed by atoms with Crippen molar-refractivity contribution in [3.05, 3.63) is 53.1 Å². The summed E-state index contributed by atoms with van der Waals surface area (Å²) in [5, 5.41) is 8.86. The lowest BCUT2D eigenvalue weighted by Crippen LogP contribution is -2.18. The zero-order valence-corrected chi connectivity index (χ0v) is 13.3. The number of carbonyl (C=O) groups excluding carboxylic acids is 1. The van der Waals surface area contributed by atoms with E-state index in [4.69, 9.17) is 19.5 Å². The molecule has 0 aliphatic heterocycles. The van der Waals surface area contributed by atoms with E-state index in [0.29, 0.717) is 17.1 Å². The number of hydrogen-bond acceptors (Lipinski definition) is 5. The maximum atomic E-state index is 11.9. The van der Waals surface area contributed by atoms with Crippen LogP contribution in [0.4, 0.5) is 0 Å². The Morgan fingerprint density at radius 2 is 1.87 bits per heavy atom. The summed E-state index contributed by atoms with van der Waals surface area (Å²) in [7, 11) is 1.44. The lowest BCUT2D eigenvalue weighted by Gasteiger charge is -2.11. The van der Waals surface area contributed by atoms with Crippen LogP contribution in [0.15, 0.2) is 36.4 Å². The monoisotopic (exact) mass is 311 g/mol. The molecule has 0 aliphatic rings. The molecule has 0 fully saturated rings. The van der Waals surface area contributed by atoms with Gasteiger partial charge in [0.25, 0.3) is 0 Å². The van der Waals surface area contributed by atoms with Crippen LogP contribution in [0, 0.1) is 25.2 Å². The summed E-state index contributed by atoms with van der Waals surface area (Å²) in [5.41, 5.74) is 2.42. The third-order valence-electron chi connectivity index (χ3n) is 3.21. The second-order valence-electron chi connectivity index (χ2n) is 5.01. The molecule has 0 saturated heterocycles. The maximum Gasteiger partial charge on any atom is 0.349 e. The zero-order valence-electron chi connectivity index (χ0n) is 13.3. The van der Waals surface area contributed by atoms with Gasteiger partial charge in [0, 0.05) is 6.07 Å². The standard InChI is InChI=1S/C18H17NO4/c1-12-4-5-13(2)16(8-12)22-11-18(20)23-15-7-6-14(10-19)9-17(15)21-3/h4-9H,11H2,1-3H3. The van der Waals surface area contributed by atoms with Crippen molar-refractivity contribution in [2.24, 2.45) is 0 Å².